The van der Waals surface area contributed by atoms with Crippen LogP contribution in [0.1, 0.15) is 52.1 Å². The number of aromatic nitrogens is 5. The highest BCUT2D eigenvalue weighted by Gasteiger charge is 2.36. The zero-order valence-corrected chi connectivity index (χ0v) is 22.7. The Bertz CT molecular complexity index is 1900. The van der Waals surface area contributed by atoms with Crippen molar-refractivity contribution in [2.24, 2.45) is 0 Å². The zero-order valence-electron chi connectivity index (χ0n) is 21.8. The summed E-state index contributed by atoms with van der Waals surface area (Å²) in [6.07, 6.45) is 6.20. The molecule has 5 aromatic rings. The number of rotatable bonds is 6. The third-order valence-corrected chi connectivity index (χ3v) is 7.90. The number of hydrogen-bond acceptors (Lipinski definition) is 10. The molecule has 0 unspecified atom stereocenters. The van der Waals surface area contributed by atoms with Gasteiger partial charge in [0.1, 0.15) is 23.4 Å². The van der Waals surface area contributed by atoms with Gasteiger partial charge >= 0.3 is 0 Å². The first-order chi connectivity index (χ1) is 19.7. The number of pyridine rings is 2. The Morgan fingerprint density at radius 3 is 2.83 bits per heavy atom. The van der Waals surface area contributed by atoms with Crippen LogP contribution in [0.25, 0.3) is 21.4 Å². The monoisotopic (exact) mass is 574 g/mol. The van der Waals surface area contributed by atoms with Crippen LogP contribution in [0.2, 0.25) is 0 Å². The molecule has 1 aliphatic heterocycles. The highest BCUT2D eigenvalue weighted by Crippen LogP contribution is 2.34. The number of nitrogens with zero attached hydrogens (tertiary/aromatic N) is 5. The number of fused-ring (bicyclic) bond motifs is 2. The molecule has 0 saturated heterocycles. The molecule has 0 radical (unpaired) electrons. The SMILES string of the molecule is Cc1cncc(-c2onc(C(=O)Nc3cnc4n(c3=O)[C@H](C(=O)NCc3cc5cnc(N)cc5s3)C[C@H]4C)c2F)c1. The lowest BCUT2D eigenvalue weighted by Gasteiger charge is -2.15. The van der Waals surface area contributed by atoms with Gasteiger partial charge in [0.2, 0.25) is 23.2 Å². The molecule has 0 aromatic carbocycles. The van der Waals surface area contributed by atoms with Gasteiger partial charge in [0.15, 0.2) is 0 Å². The van der Waals surface area contributed by atoms with E-state index < -0.39 is 29.0 Å². The summed E-state index contributed by atoms with van der Waals surface area (Å²) in [6.45, 7) is 3.89. The third kappa shape index (κ3) is 4.82. The van der Waals surface area contributed by atoms with E-state index in [0.717, 1.165) is 20.5 Å². The van der Waals surface area contributed by atoms with Gasteiger partial charge in [-0.05, 0) is 37.1 Å². The molecule has 0 spiro atoms. The van der Waals surface area contributed by atoms with Crippen molar-refractivity contribution in [3.63, 3.8) is 0 Å². The summed E-state index contributed by atoms with van der Waals surface area (Å²) >= 11 is 1.48. The Balaban J connectivity index is 1.21. The molecule has 12 nitrogen and oxygen atoms in total. The van der Waals surface area contributed by atoms with Gasteiger partial charge in [0.05, 0.1) is 12.7 Å². The van der Waals surface area contributed by atoms with Crippen LogP contribution in [-0.2, 0) is 11.3 Å². The van der Waals surface area contributed by atoms with E-state index in [2.05, 4.69) is 30.7 Å². The summed E-state index contributed by atoms with van der Waals surface area (Å²) in [5, 5.41) is 9.73. The van der Waals surface area contributed by atoms with Gasteiger partial charge in [-0.15, -0.1) is 11.3 Å². The number of aryl methyl sites for hydroxylation is 1. The van der Waals surface area contributed by atoms with Crippen LogP contribution in [0.5, 0.6) is 0 Å². The molecule has 2 atom stereocenters. The molecule has 0 bridgehead atoms. The lowest BCUT2D eigenvalue weighted by molar-refractivity contribution is -0.124. The smallest absolute Gasteiger partial charge is 0.281 e. The van der Waals surface area contributed by atoms with Crippen LogP contribution in [0.3, 0.4) is 0 Å². The second-order valence-corrected chi connectivity index (χ2v) is 11.0. The lowest BCUT2D eigenvalue weighted by atomic mass is 10.1. The standard InChI is InChI=1S/C27H23FN8O4S/c1-12-3-15(8-30-7-12)23-21(28)22(35-40-23)26(38)34-17-11-32-24-13(2)4-18(36(24)27(17)39)25(37)33-10-16-5-14-9-31-20(29)6-19(14)41-16/h3,5-9,11,13,18H,4,10H2,1-2H3,(H2,29,31)(H,33,37)(H,34,38)/t13-,18+/m1/s1. The van der Waals surface area contributed by atoms with Crippen LogP contribution < -0.4 is 21.9 Å². The maximum Gasteiger partial charge on any atom is 0.281 e. The van der Waals surface area contributed by atoms with Crippen LogP contribution in [0.15, 0.2) is 52.3 Å². The normalized spacial score (nSPS) is 16.1. The molecule has 6 rings (SSSR count). The first-order valence-corrected chi connectivity index (χ1v) is 13.4. The Morgan fingerprint density at radius 2 is 2.02 bits per heavy atom. The van der Waals surface area contributed by atoms with Gasteiger partial charge in [0.25, 0.3) is 11.5 Å². The number of hydrogen-bond donors (Lipinski definition) is 3. The zero-order chi connectivity index (χ0) is 28.8. The number of nitrogens with one attached hydrogen (secondary N) is 2. The van der Waals surface area contributed by atoms with Crippen molar-refractivity contribution in [1.29, 1.82) is 0 Å². The van der Waals surface area contributed by atoms with Crippen molar-refractivity contribution in [2.45, 2.75) is 38.8 Å². The van der Waals surface area contributed by atoms with Crippen molar-refractivity contribution in [1.82, 2.24) is 30.0 Å². The van der Waals surface area contributed by atoms with Crippen molar-refractivity contribution in [3.8, 4) is 11.3 Å². The van der Waals surface area contributed by atoms with Crippen molar-refractivity contribution >= 4 is 44.7 Å². The van der Waals surface area contributed by atoms with Gasteiger partial charge in [0, 0.05) is 45.0 Å². The van der Waals surface area contributed by atoms with Crippen LogP contribution in [0, 0.1) is 12.7 Å². The van der Waals surface area contributed by atoms with Crippen molar-refractivity contribution in [2.75, 3.05) is 11.1 Å². The third-order valence-electron chi connectivity index (χ3n) is 6.80. The summed E-state index contributed by atoms with van der Waals surface area (Å²) in [5.74, 6) is -1.95. The van der Waals surface area contributed by atoms with Crippen LogP contribution in [-0.4, -0.2) is 36.5 Å². The van der Waals surface area contributed by atoms with E-state index in [-0.39, 0.29) is 29.8 Å². The largest absolute Gasteiger partial charge is 0.384 e. The first-order valence-electron chi connectivity index (χ1n) is 12.6. The molecule has 41 heavy (non-hydrogen) atoms. The van der Waals surface area contributed by atoms with Gasteiger partial charge < -0.3 is 20.9 Å². The molecular formula is C27H23FN8O4S. The molecule has 208 valence electrons. The molecule has 2 amide bonds. The maximum absolute atomic E-state index is 15.0. The molecule has 0 saturated carbocycles. The van der Waals surface area contributed by atoms with E-state index in [1.165, 1.54) is 28.3 Å². The van der Waals surface area contributed by atoms with Crippen LogP contribution in [0.4, 0.5) is 15.9 Å². The molecule has 0 aliphatic carbocycles. The average molecular weight is 575 g/mol. The highest BCUT2D eigenvalue weighted by molar-refractivity contribution is 7.19. The Kier molecular flexibility index (Phi) is 6.53. The second-order valence-electron chi connectivity index (χ2n) is 9.81. The van der Waals surface area contributed by atoms with E-state index in [1.54, 1.807) is 31.5 Å². The predicted molar refractivity (Wildman–Crippen MR) is 149 cm³/mol. The molecule has 14 heteroatoms. The molecule has 4 N–H and O–H groups in total. The number of halogens is 1. The predicted octanol–water partition coefficient (Wildman–Crippen LogP) is 3.55. The molecule has 5 aromatic heterocycles. The number of thiophene rings is 1. The summed E-state index contributed by atoms with van der Waals surface area (Å²) < 4.78 is 22.3. The van der Waals surface area contributed by atoms with E-state index in [0.29, 0.717) is 23.6 Å². The molecular weight excluding hydrogens is 551 g/mol. The molecule has 0 fully saturated rings. The average Bonchev–Trinajstić information content (AvgIpc) is 3.63. The second kappa shape index (κ2) is 10.2. The fourth-order valence-electron chi connectivity index (χ4n) is 4.85. The van der Waals surface area contributed by atoms with Gasteiger partial charge in [-0.3, -0.25) is 23.9 Å². The minimum atomic E-state index is -0.996. The maximum atomic E-state index is 15.0. The topological polar surface area (TPSA) is 171 Å². The summed E-state index contributed by atoms with van der Waals surface area (Å²) in [6, 6.07) is 4.48. The van der Waals surface area contributed by atoms with Crippen molar-refractivity contribution in [3.05, 3.63) is 81.1 Å². The molecule has 1 aliphatic rings. The first kappa shape index (κ1) is 26.3. The number of nitrogens with two attached hydrogens (primary N) is 1. The minimum Gasteiger partial charge on any atom is -0.384 e. The van der Waals surface area contributed by atoms with Gasteiger partial charge in [-0.2, -0.15) is 4.39 Å². The Labute approximate surface area is 235 Å². The van der Waals surface area contributed by atoms with Gasteiger partial charge in [-0.25, -0.2) is 9.97 Å². The number of nitrogen functional groups attached to an aromatic ring is 1. The number of carbonyl (C=O) groups is 2. The summed E-state index contributed by atoms with van der Waals surface area (Å²) in [7, 11) is 0. The quantitative estimate of drug-likeness (QED) is 0.274. The van der Waals surface area contributed by atoms with Gasteiger partial charge in [-0.1, -0.05) is 12.1 Å². The Morgan fingerprint density at radius 1 is 1.20 bits per heavy atom. The summed E-state index contributed by atoms with van der Waals surface area (Å²) in [5.41, 5.74) is 5.35. The minimum absolute atomic E-state index is 0.181. The number of amides is 2. The van der Waals surface area contributed by atoms with E-state index >= 15 is 4.39 Å². The number of anilines is 2. The lowest BCUT2D eigenvalue weighted by Crippen LogP contribution is -2.36. The Hall–Kier alpha value is -4.98. The van der Waals surface area contributed by atoms with E-state index in [9.17, 15) is 14.4 Å². The fourth-order valence-corrected chi connectivity index (χ4v) is 5.87. The highest BCUT2D eigenvalue weighted by atomic mass is 32.1. The number of carbonyl (C=O) groups excluding carboxylic acids is 2. The van der Waals surface area contributed by atoms with Crippen molar-refractivity contribution < 1.29 is 18.5 Å². The van der Waals surface area contributed by atoms with Crippen LogP contribution >= 0.6 is 11.3 Å². The van der Waals surface area contributed by atoms with E-state index in [1.807, 2.05) is 13.0 Å². The molecule has 6 heterocycles. The summed E-state index contributed by atoms with van der Waals surface area (Å²) in [4.78, 5) is 52.8. The fraction of sp³-hybridized carbons (Fsp3) is 0.222. The van der Waals surface area contributed by atoms with E-state index in [4.69, 9.17) is 10.3 Å².